The number of phenolic OH excluding ortho intramolecular Hbond substituents is 1. The number of thiophene rings is 1. The first kappa shape index (κ1) is 14.8. The van der Waals surface area contributed by atoms with Crippen molar-refractivity contribution in [2.24, 2.45) is 5.92 Å². The van der Waals surface area contributed by atoms with Crippen LogP contribution in [-0.4, -0.2) is 23.7 Å². The molecule has 0 amide bonds. The Bertz CT molecular complexity index is 793. The van der Waals surface area contributed by atoms with Gasteiger partial charge in [0.15, 0.2) is 11.5 Å². The van der Waals surface area contributed by atoms with Crippen LogP contribution in [0.15, 0.2) is 18.2 Å². The number of rotatable bonds is 3. The summed E-state index contributed by atoms with van der Waals surface area (Å²) in [5.74, 6) is 1.82. The van der Waals surface area contributed by atoms with E-state index in [1.54, 1.807) is 22.4 Å². The van der Waals surface area contributed by atoms with Crippen LogP contribution in [0.3, 0.4) is 0 Å². The summed E-state index contributed by atoms with van der Waals surface area (Å²) in [6.45, 7) is 2.16. The lowest BCUT2D eigenvalue weighted by Crippen LogP contribution is -2.38. The maximum Gasteiger partial charge on any atom is 0.160 e. The van der Waals surface area contributed by atoms with E-state index in [1.807, 2.05) is 23.5 Å². The highest BCUT2D eigenvalue weighted by atomic mass is 32.1. The second-order valence-corrected chi connectivity index (χ2v) is 8.69. The third-order valence-electron chi connectivity index (χ3n) is 5.80. The molecular formula is C20H23NO2S. The third kappa shape index (κ3) is 2.44. The number of hydrogen-bond acceptors (Lipinski definition) is 4. The lowest BCUT2D eigenvalue weighted by Gasteiger charge is -2.40. The summed E-state index contributed by atoms with van der Waals surface area (Å²) >= 11 is 2.03. The van der Waals surface area contributed by atoms with Gasteiger partial charge in [0, 0.05) is 35.3 Å². The number of hydrogen-bond donors (Lipinski definition) is 1. The molecule has 1 fully saturated rings. The van der Waals surface area contributed by atoms with E-state index >= 15 is 0 Å². The van der Waals surface area contributed by atoms with Crippen LogP contribution >= 0.6 is 11.3 Å². The van der Waals surface area contributed by atoms with Crippen LogP contribution < -0.4 is 4.74 Å². The van der Waals surface area contributed by atoms with Gasteiger partial charge in [-0.2, -0.15) is 0 Å². The van der Waals surface area contributed by atoms with Gasteiger partial charge in [0.2, 0.25) is 0 Å². The van der Waals surface area contributed by atoms with Gasteiger partial charge < -0.3 is 9.84 Å². The smallest absolute Gasteiger partial charge is 0.160 e. The van der Waals surface area contributed by atoms with Gasteiger partial charge in [0.1, 0.15) is 0 Å². The largest absolute Gasteiger partial charge is 0.504 e. The van der Waals surface area contributed by atoms with Crippen LogP contribution in [0.1, 0.15) is 45.3 Å². The fraction of sp³-hybridized carbons (Fsp3) is 0.500. The predicted octanol–water partition coefficient (Wildman–Crippen LogP) is 4.07. The summed E-state index contributed by atoms with van der Waals surface area (Å²) in [5.41, 5.74) is 4.18. The van der Waals surface area contributed by atoms with E-state index in [2.05, 4.69) is 11.0 Å². The highest BCUT2D eigenvalue weighted by Crippen LogP contribution is 2.44. The molecule has 1 aromatic carbocycles. The molecule has 0 unspecified atom stereocenters. The average molecular weight is 341 g/mol. The highest BCUT2D eigenvalue weighted by molar-refractivity contribution is 7.12. The number of aromatic hydroxyl groups is 1. The summed E-state index contributed by atoms with van der Waals surface area (Å²) in [7, 11) is 1.62. The first-order valence-electron chi connectivity index (χ1n) is 8.95. The average Bonchev–Trinajstić information content (AvgIpc) is 3.30. The number of methoxy groups -OCH3 is 1. The Morgan fingerprint density at radius 2 is 2.12 bits per heavy atom. The second-order valence-electron chi connectivity index (χ2n) is 7.47. The summed E-state index contributed by atoms with van der Waals surface area (Å²) in [4.78, 5) is 5.74. The number of benzene rings is 1. The number of ether oxygens (including phenoxy) is 1. The lowest BCUT2D eigenvalue weighted by molar-refractivity contribution is 0.162. The zero-order valence-corrected chi connectivity index (χ0v) is 14.9. The quantitative estimate of drug-likeness (QED) is 0.913. The topological polar surface area (TPSA) is 32.7 Å². The van der Waals surface area contributed by atoms with E-state index < -0.39 is 0 Å². The molecule has 3 heterocycles. The van der Waals surface area contributed by atoms with Crippen molar-refractivity contribution in [2.75, 3.05) is 13.7 Å². The minimum Gasteiger partial charge on any atom is -0.504 e. The van der Waals surface area contributed by atoms with Crippen molar-refractivity contribution in [1.82, 2.24) is 4.90 Å². The van der Waals surface area contributed by atoms with E-state index in [9.17, 15) is 5.11 Å². The van der Waals surface area contributed by atoms with Gasteiger partial charge in [-0.15, -0.1) is 11.3 Å². The molecule has 126 valence electrons. The van der Waals surface area contributed by atoms with E-state index in [4.69, 9.17) is 4.74 Å². The first-order valence-corrected chi connectivity index (χ1v) is 9.77. The van der Waals surface area contributed by atoms with Gasteiger partial charge >= 0.3 is 0 Å². The zero-order chi connectivity index (χ0) is 16.3. The van der Waals surface area contributed by atoms with Crippen LogP contribution in [0.25, 0.3) is 0 Å². The van der Waals surface area contributed by atoms with E-state index in [0.717, 1.165) is 31.8 Å². The van der Waals surface area contributed by atoms with Gasteiger partial charge in [0.05, 0.1) is 7.11 Å². The Labute approximate surface area is 146 Å². The monoisotopic (exact) mass is 341 g/mol. The van der Waals surface area contributed by atoms with Crippen molar-refractivity contribution in [3.05, 3.63) is 44.6 Å². The zero-order valence-electron chi connectivity index (χ0n) is 14.0. The molecule has 1 saturated carbocycles. The van der Waals surface area contributed by atoms with Crippen molar-refractivity contribution < 1.29 is 9.84 Å². The Morgan fingerprint density at radius 1 is 1.25 bits per heavy atom. The predicted molar refractivity (Wildman–Crippen MR) is 96.0 cm³/mol. The fourth-order valence-corrected chi connectivity index (χ4v) is 5.63. The second kappa shape index (κ2) is 5.50. The maximum absolute atomic E-state index is 10.2. The van der Waals surface area contributed by atoms with Crippen LogP contribution in [0.4, 0.5) is 0 Å². The maximum atomic E-state index is 10.2. The van der Waals surface area contributed by atoms with Crippen LogP contribution in [0.2, 0.25) is 0 Å². The van der Waals surface area contributed by atoms with Gasteiger partial charge in [-0.1, -0.05) is 0 Å². The molecule has 1 aromatic heterocycles. The van der Waals surface area contributed by atoms with Crippen LogP contribution in [0, 0.1) is 5.92 Å². The van der Waals surface area contributed by atoms with E-state index in [1.165, 1.54) is 30.4 Å². The summed E-state index contributed by atoms with van der Waals surface area (Å²) < 4.78 is 5.29. The summed E-state index contributed by atoms with van der Waals surface area (Å²) in [6, 6.07) is 6.85. The minimum absolute atomic E-state index is 0.268. The van der Waals surface area contributed by atoms with E-state index in [-0.39, 0.29) is 5.75 Å². The summed E-state index contributed by atoms with van der Waals surface area (Å²) in [6.07, 6.45) is 6.26. The molecule has 0 radical (unpaired) electrons. The third-order valence-corrected chi connectivity index (χ3v) is 7.02. The molecule has 3 aliphatic rings. The van der Waals surface area contributed by atoms with Gasteiger partial charge in [0.25, 0.3) is 0 Å². The molecule has 0 saturated heterocycles. The Hall–Kier alpha value is -1.52. The molecular weight excluding hydrogens is 318 g/mol. The standard InChI is InChI=1S/C20H23NO2S/c1-23-19-8-13-4-5-21-11-14-7-15(6-12-2-3-12)24-20(14)10-17(21)16(13)9-18(19)22/h7-9,12,17,22H,2-6,10-11H2,1H3/t17-/m0/s1. The Morgan fingerprint density at radius 3 is 2.92 bits per heavy atom. The van der Waals surface area contributed by atoms with Gasteiger partial charge in [-0.25, -0.2) is 0 Å². The SMILES string of the molecule is COc1cc2c(cc1O)[C@@H]1Cc3sc(CC4CC4)cc3CN1CC2. The van der Waals surface area contributed by atoms with E-state index in [0.29, 0.717) is 11.8 Å². The van der Waals surface area contributed by atoms with Crippen molar-refractivity contribution in [3.63, 3.8) is 0 Å². The van der Waals surface area contributed by atoms with Crippen molar-refractivity contribution >= 4 is 11.3 Å². The Kier molecular flexibility index (Phi) is 3.39. The number of phenols is 1. The molecule has 3 nitrogen and oxygen atoms in total. The lowest BCUT2D eigenvalue weighted by atomic mass is 9.86. The molecule has 2 aliphatic heterocycles. The molecule has 5 rings (SSSR count). The van der Waals surface area contributed by atoms with Gasteiger partial charge in [-0.05, 0) is 66.5 Å². The van der Waals surface area contributed by atoms with Crippen molar-refractivity contribution in [3.8, 4) is 11.5 Å². The van der Waals surface area contributed by atoms with Crippen molar-refractivity contribution in [2.45, 2.75) is 44.7 Å². The minimum atomic E-state index is 0.268. The first-order chi connectivity index (χ1) is 11.7. The Balaban J connectivity index is 1.48. The normalized spacial score (nSPS) is 22.6. The van der Waals surface area contributed by atoms with Crippen LogP contribution in [-0.2, 0) is 25.8 Å². The van der Waals surface area contributed by atoms with Crippen LogP contribution in [0.5, 0.6) is 11.5 Å². The fourth-order valence-electron chi connectivity index (χ4n) is 4.30. The molecule has 1 aliphatic carbocycles. The molecule has 1 atom stereocenters. The molecule has 0 spiro atoms. The number of nitrogens with zero attached hydrogens (tertiary/aromatic N) is 1. The van der Waals surface area contributed by atoms with Gasteiger partial charge in [-0.3, -0.25) is 4.90 Å². The molecule has 0 bridgehead atoms. The molecule has 24 heavy (non-hydrogen) atoms. The molecule has 4 heteroatoms. The molecule has 2 aromatic rings. The molecule has 1 N–H and O–H groups in total. The highest BCUT2D eigenvalue weighted by Gasteiger charge is 2.34. The summed E-state index contributed by atoms with van der Waals surface area (Å²) in [5, 5.41) is 10.2. The number of fused-ring (bicyclic) bond motifs is 4. The van der Waals surface area contributed by atoms with Crippen molar-refractivity contribution in [1.29, 1.82) is 0 Å².